The average molecular weight is 416 g/mol. The molecule has 6 heteroatoms. The number of nitrogens with zero attached hydrogens (tertiary/aromatic N) is 1. The van der Waals surface area contributed by atoms with E-state index in [1.807, 2.05) is 48.5 Å². The van der Waals surface area contributed by atoms with Gasteiger partial charge >= 0.3 is 0 Å². The molecule has 1 amide bonds. The van der Waals surface area contributed by atoms with E-state index < -0.39 is 0 Å². The van der Waals surface area contributed by atoms with Crippen molar-refractivity contribution < 1.29 is 14.3 Å². The Labute approximate surface area is 180 Å². The topological polar surface area (TPSA) is 69.6 Å². The average Bonchev–Trinajstić information content (AvgIpc) is 2.81. The summed E-state index contributed by atoms with van der Waals surface area (Å²) in [4.78, 5) is 25.3. The van der Waals surface area contributed by atoms with Gasteiger partial charge in [-0.1, -0.05) is 24.3 Å². The smallest absolute Gasteiger partial charge is 0.224 e. The summed E-state index contributed by atoms with van der Waals surface area (Å²) >= 11 is 0. The summed E-state index contributed by atoms with van der Waals surface area (Å²) in [5.74, 6) is 1.09. The summed E-state index contributed by atoms with van der Waals surface area (Å²) < 4.78 is 12.6. The van der Waals surface area contributed by atoms with Crippen molar-refractivity contribution in [2.24, 2.45) is 0 Å². The predicted molar refractivity (Wildman–Crippen MR) is 123 cm³/mol. The van der Waals surface area contributed by atoms with Crippen LogP contribution in [0.4, 0.5) is 5.69 Å². The number of ether oxygens (including phenoxy) is 2. The molecule has 158 valence electrons. The fourth-order valence-electron chi connectivity index (χ4n) is 3.85. The van der Waals surface area contributed by atoms with Gasteiger partial charge in [-0.15, -0.1) is 0 Å². The van der Waals surface area contributed by atoms with Crippen LogP contribution in [0.25, 0.3) is 21.8 Å². The maximum atomic E-state index is 12.8. The van der Waals surface area contributed by atoms with Gasteiger partial charge in [-0.25, -0.2) is 0 Å². The molecule has 0 radical (unpaired) electrons. The highest BCUT2D eigenvalue weighted by atomic mass is 16.5. The van der Waals surface area contributed by atoms with Gasteiger partial charge in [-0.2, -0.15) is 0 Å². The highest BCUT2D eigenvalue weighted by Gasteiger charge is 2.11. The van der Waals surface area contributed by atoms with Crippen molar-refractivity contribution in [1.29, 1.82) is 0 Å². The molecule has 3 aromatic carbocycles. The minimum Gasteiger partial charge on any atom is -0.493 e. The normalized spacial score (nSPS) is 10.9. The van der Waals surface area contributed by atoms with Crippen LogP contribution in [0.1, 0.15) is 12.8 Å². The number of methoxy groups -OCH3 is 2. The number of aryl methyl sites for hydroxylation is 1. The molecule has 0 unspecified atom stereocenters. The molecule has 0 aliphatic heterocycles. The van der Waals surface area contributed by atoms with Crippen LogP contribution < -0.4 is 20.2 Å². The van der Waals surface area contributed by atoms with E-state index in [0.717, 1.165) is 11.0 Å². The molecule has 0 bridgehead atoms. The molecule has 1 N–H and O–H groups in total. The van der Waals surface area contributed by atoms with Gasteiger partial charge in [0.1, 0.15) is 0 Å². The Balaban J connectivity index is 1.51. The molecule has 31 heavy (non-hydrogen) atoms. The van der Waals surface area contributed by atoms with Crippen LogP contribution in [-0.2, 0) is 11.3 Å². The van der Waals surface area contributed by atoms with Crippen LogP contribution in [0, 0.1) is 0 Å². The minimum atomic E-state index is -0.0816. The van der Waals surface area contributed by atoms with E-state index in [-0.39, 0.29) is 11.3 Å². The molecule has 0 atom stereocenters. The molecule has 1 aromatic heterocycles. The Bertz CT molecular complexity index is 1250. The van der Waals surface area contributed by atoms with Crippen molar-refractivity contribution >= 4 is 33.4 Å². The molecule has 0 aliphatic carbocycles. The van der Waals surface area contributed by atoms with Crippen molar-refractivity contribution in [3.05, 3.63) is 77.0 Å². The van der Waals surface area contributed by atoms with Crippen LogP contribution in [0.15, 0.2) is 71.5 Å². The lowest BCUT2D eigenvalue weighted by molar-refractivity contribution is -0.116. The van der Waals surface area contributed by atoms with Crippen LogP contribution in [0.5, 0.6) is 11.5 Å². The molecule has 6 nitrogen and oxygen atoms in total. The van der Waals surface area contributed by atoms with E-state index in [9.17, 15) is 9.59 Å². The van der Waals surface area contributed by atoms with E-state index >= 15 is 0 Å². The molecule has 1 heterocycles. The number of benzene rings is 3. The number of hydrogen-bond acceptors (Lipinski definition) is 4. The monoisotopic (exact) mass is 416 g/mol. The van der Waals surface area contributed by atoms with Gasteiger partial charge in [0.2, 0.25) is 5.91 Å². The molecular weight excluding hydrogens is 392 g/mol. The third kappa shape index (κ3) is 4.10. The summed E-state index contributed by atoms with van der Waals surface area (Å²) in [6, 6.07) is 20.5. The largest absolute Gasteiger partial charge is 0.493 e. The van der Waals surface area contributed by atoms with Crippen LogP contribution in [0.2, 0.25) is 0 Å². The van der Waals surface area contributed by atoms with Crippen molar-refractivity contribution in [2.75, 3.05) is 19.5 Å². The number of para-hydroxylation sites is 2. The zero-order valence-corrected chi connectivity index (χ0v) is 17.6. The number of hydrogen-bond donors (Lipinski definition) is 1. The van der Waals surface area contributed by atoms with Crippen molar-refractivity contribution in [2.45, 2.75) is 19.4 Å². The summed E-state index contributed by atoms with van der Waals surface area (Å²) in [7, 11) is 3.13. The Morgan fingerprint density at radius 1 is 0.871 bits per heavy atom. The molecule has 0 spiro atoms. The number of amides is 1. The van der Waals surface area contributed by atoms with E-state index in [4.69, 9.17) is 9.47 Å². The van der Waals surface area contributed by atoms with Gasteiger partial charge in [0.25, 0.3) is 0 Å². The molecule has 0 saturated heterocycles. The van der Waals surface area contributed by atoms with Gasteiger partial charge in [0.05, 0.1) is 25.3 Å². The van der Waals surface area contributed by atoms with Gasteiger partial charge < -0.3 is 19.4 Å². The Hall–Kier alpha value is -3.80. The number of rotatable bonds is 7. The first kappa shape index (κ1) is 20.5. The van der Waals surface area contributed by atoms with E-state index in [2.05, 4.69) is 9.88 Å². The molecule has 0 saturated carbocycles. The quantitative estimate of drug-likeness (QED) is 0.448. The van der Waals surface area contributed by atoms with Crippen LogP contribution >= 0.6 is 0 Å². The van der Waals surface area contributed by atoms with E-state index in [1.165, 1.54) is 0 Å². The first-order valence-electron chi connectivity index (χ1n) is 10.1. The number of anilines is 1. The van der Waals surface area contributed by atoms with Crippen molar-refractivity contribution in [1.82, 2.24) is 4.57 Å². The Morgan fingerprint density at radius 2 is 1.48 bits per heavy atom. The third-order valence-electron chi connectivity index (χ3n) is 5.33. The Morgan fingerprint density at radius 3 is 2.10 bits per heavy atom. The predicted octanol–water partition coefficient (Wildman–Crippen LogP) is 4.59. The first-order valence-corrected chi connectivity index (χ1v) is 10.1. The second-order valence-electron chi connectivity index (χ2n) is 7.24. The number of carbonyl (C=O) groups excluding carboxylic acids is 1. The van der Waals surface area contributed by atoms with Crippen molar-refractivity contribution in [3.8, 4) is 11.5 Å². The SMILES string of the molecule is COc1ccc(NC(=O)CCCn2c3ccccc3c(=O)c3ccccc32)cc1OC. The van der Waals surface area contributed by atoms with Crippen LogP contribution in [-0.4, -0.2) is 24.7 Å². The fourth-order valence-corrected chi connectivity index (χ4v) is 3.85. The zero-order valence-electron chi connectivity index (χ0n) is 17.6. The highest BCUT2D eigenvalue weighted by molar-refractivity contribution is 5.93. The third-order valence-corrected chi connectivity index (χ3v) is 5.33. The van der Waals surface area contributed by atoms with E-state index in [1.54, 1.807) is 32.4 Å². The lowest BCUT2D eigenvalue weighted by Crippen LogP contribution is -2.15. The van der Waals surface area contributed by atoms with Crippen molar-refractivity contribution in [3.63, 3.8) is 0 Å². The second-order valence-corrected chi connectivity index (χ2v) is 7.24. The molecule has 0 aliphatic rings. The maximum Gasteiger partial charge on any atom is 0.224 e. The summed E-state index contributed by atoms with van der Waals surface area (Å²) in [6.07, 6.45) is 0.985. The molecule has 4 rings (SSSR count). The van der Waals surface area contributed by atoms with Gasteiger partial charge in [0.15, 0.2) is 16.9 Å². The zero-order chi connectivity index (χ0) is 21.8. The minimum absolute atomic E-state index is 0.0358. The first-order chi connectivity index (χ1) is 15.1. The molecule has 0 fully saturated rings. The fraction of sp³-hybridized carbons (Fsp3) is 0.200. The lowest BCUT2D eigenvalue weighted by atomic mass is 10.1. The maximum absolute atomic E-state index is 12.8. The number of nitrogens with one attached hydrogen (secondary N) is 1. The second kappa shape index (κ2) is 8.92. The number of pyridine rings is 1. The van der Waals surface area contributed by atoms with Gasteiger partial charge in [0, 0.05) is 35.5 Å². The van der Waals surface area contributed by atoms with Gasteiger partial charge in [-0.3, -0.25) is 9.59 Å². The number of aromatic nitrogens is 1. The summed E-state index contributed by atoms with van der Waals surface area (Å²) in [5.41, 5.74) is 2.45. The summed E-state index contributed by atoms with van der Waals surface area (Å²) in [6.45, 7) is 0.626. The molecular formula is C25H24N2O4. The summed E-state index contributed by atoms with van der Waals surface area (Å²) in [5, 5.41) is 4.29. The number of carbonyl (C=O) groups is 1. The lowest BCUT2D eigenvalue weighted by Gasteiger charge is -2.15. The molecule has 4 aromatic rings. The van der Waals surface area contributed by atoms with Crippen LogP contribution in [0.3, 0.4) is 0 Å². The van der Waals surface area contributed by atoms with Gasteiger partial charge in [-0.05, 0) is 42.8 Å². The van der Waals surface area contributed by atoms with E-state index in [0.29, 0.717) is 47.3 Å². The highest BCUT2D eigenvalue weighted by Crippen LogP contribution is 2.29. The standard InChI is InChI=1S/C25H24N2O4/c1-30-22-14-13-17(16-23(22)31-2)26-24(28)12-7-15-27-20-10-5-3-8-18(20)25(29)19-9-4-6-11-21(19)27/h3-6,8-11,13-14,16H,7,12,15H2,1-2H3,(H,26,28). The number of fused-ring (bicyclic) bond motifs is 2. The Kier molecular flexibility index (Phi) is 5.89.